The molecule has 15 heteroatoms. The molecule has 0 saturated carbocycles. The van der Waals surface area contributed by atoms with Gasteiger partial charge in [0.25, 0.3) is 5.91 Å². The van der Waals surface area contributed by atoms with E-state index in [0.29, 0.717) is 28.1 Å². The number of hydrogen-bond donors (Lipinski definition) is 1. The molecule has 2 N–H and O–H groups in total. The van der Waals surface area contributed by atoms with Crippen molar-refractivity contribution in [3.05, 3.63) is 69.0 Å². The Morgan fingerprint density at radius 3 is 2.49 bits per heavy atom. The smallest absolute Gasteiger partial charge is 0.488 e. The van der Waals surface area contributed by atoms with Crippen LogP contribution in [0.5, 0.6) is 11.5 Å². The first-order valence-electron chi connectivity index (χ1n) is 12.0. The number of hydrogen-bond acceptors (Lipinski definition) is 7. The number of carbonyl (C=O) groups excluding carboxylic acids is 3. The van der Waals surface area contributed by atoms with Crippen molar-refractivity contribution >= 4 is 41.0 Å². The molecule has 4 rings (SSSR count). The summed E-state index contributed by atoms with van der Waals surface area (Å²) in [6, 6.07) is 5.83. The number of nitrogens with two attached hydrogens (primary N) is 1. The third-order valence-electron chi connectivity index (χ3n) is 6.44. The minimum absolute atomic E-state index is 0.00255. The highest BCUT2D eigenvalue weighted by Gasteiger charge is 2.37. The second kappa shape index (κ2) is 11.9. The van der Waals surface area contributed by atoms with Gasteiger partial charge in [0.05, 0.1) is 29.9 Å². The number of fused-ring (bicyclic) bond motifs is 1. The standard InChI is InChI=1S/C26H23Cl2F3N4O6/c1-13-14(10-33-35(13)23-18(27)8-15(9-19(23)28)41-26(29,30)31)12-40-21-5-3-4-16-17(21)11-34(25(16)38)20(24(32)37)6-7-22(36)39-2/h3-5,8-10,20H,6-7,11-12H2,1-2H3,(H2,32,37). The zero-order chi connectivity index (χ0) is 30.1. The average Bonchev–Trinajstić information content (AvgIpc) is 3.41. The molecule has 0 spiro atoms. The number of carbonyl (C=O) groups is 3. The van der Waals surface area contributed by atoms with Crippen molar-refractivity contribution in [2.24, 2.45) is 5.73 Å². The topological polar surface area (TPSA) is 126 Å². The van der Waals surface area contributed by atoms with Crippen LogP contribution in [-0.4, -0.2) is 52.0 Å². The molecular formula is C26H23Cl2F3N4O6. The van der Waals surface area contributed by atoms with Crippen molar-refractivity contribution in [2.75, 3.05) is 7.11 Å². The van der Waals surface area contributed by atoms with Crippen LogP contribution in [0.25, 0.3) is 5.69 Å². The molecule has 1 aliphatic rings. The number of amides is 2. The molecule has 41 heavy (non-hydrogen) atoms. The molecule has 3 aromatic rings. The number of methoxy groups -OCH3 is 1. The van der Waals surface area contributed by atoms with Gasteiger partial charge < -0.3 is 24.8 Å². The van der Waals surface area contributed by atoms with E-state index in [1.165, 1.54) is 22.9 Å². The number of alkyl halides is 3. The zero-order valence-electron chi connectivity index (χ0n) is 21.6. The van der Waals surface area contributed by atoms with Crippen LogP contribution in [-0.2, 0) is 27.5 Å². The molecule has 2 aromatic carbocycles. The first-order valence-corrected chi connectivity index (χ1v) is 12.8. The summed E-state index contributed by atoms with van der Waals surface area (Å²) < 4.78 is 53.7. The fraction of sp³-hybridized carbons (Fsp3) is 0.308. The minimum atomic E-state index is -4.91. The number of ether oxygens (including phenoxy) is 3. The number of aromatic nitrogens is 2. The Morgan fingerprint density at radius 1 is 1.20 bits per heavy atom. The van der Waals surface area contributed by atoms with Gasteiger partial charge in [-0.3, -0.25) is 14.4 Å². The lowest BCUT2D eigenvalue weighted by molar-refractivity contribution is -0.274. The fourth-order valence-corrected chi connectivity index (χ4v) is 5.05. The highest BCUT2D eigenvalue weighted by molar-refractivity contribution is 6.38. The van der Waals surface area contributed by atoms with E-state index in [-0.39, 0.29) is 41.7 Å². The Bertz CT molecular complexity index is 1490. The highest BCUT2D eigenvalue weighted by Crippen LogP contribution is 2.37. The minimum Gasteiger partial charge on any atom is -0.488 e. The second-order valence-electron chi connectivity index (χ2n) is 8.99. The SMILES string of the molecule is COC(=O)CCC(C(N)=O)N1Cc2c(OCc3cnn(-c4c(Cl)cc(OC(F)(F)F)cc4Cl)c3C)cccc2C1=O. The number of rotatable bonds is 10. The van der Waals surface area contributed by atoms with Gasteiger partial charge in [0, 0.05) is 40.9 Å². The Kier molecular flexibility index (Phi) is 8.69. The molecule has 0 radical (unpaired) electrons. The number of benzene rings is 2. The number of esters is 1. The maximum atomic E-state index is 13.1. The summed E-state index contributed by atoms with van der Waals surface area (Å²) in [5.74, 6) is -1.91. The summed E-state index contributed by atoms with van der Waals surface area (Å²) in [5, 5.41) is 4.02. The summed E-state index contributed by atoms with van der Waals surface area (Å²) in [4.78, 5) is 38.1. The lowest BCUT2D eigenvalue weighted by atomic mass is 10.1. The van der Waals surface area contributed by atoms with Crippen LogP contribution >= 0.6 is 23.2 Å². The third-order valence-corrected chi connectivity index (χ3v) is 7.01. The maximum absolute atomic E-state index is 13.1. The van der Waals surface area contributed by atoms with Gasteiger partial charge in [-0.1, -0.05) is 29.3 Å². The summed E-state index contributed by atoms with van der Waals surface area (Å²) in [6.45, 7) is 1.73. The van der Waals surface area contributed by atoms with E-state index >= 15 is 0 Å². The fourth-order valence-electron chi connectivity index (χ4n) is 4.42. The van der Waals surface area contributed by atoms with Gasteiger partial charge in [-0.15, -0.1) is 13.2 Å². The highest BCUT2D eigenvalue weighted by atomic mass is 35.5. The third kappa shape index (κ3) is 6.51. The quantitative estimate of drug-likeness (QED) is 0.327. The molecular weight excluding hydrogens is 592 g/mol. The van der Waals surface area contributed by atoms with E-state index in [1.54, 1.807) is 25.1 Å². The molecule has 0 fully saturated rings. The van der Waals surface area contributed by atoms with Crippen molar-refractivity contribution in [3.63, 3.8) is 0 Å². The predicted octanol–water partition coefficient (Wildman–Crippen LogP) is 4.73. The van der Waals surface area contributed by atoms with E-state index in [2.05, 4.69) is 14.6 Å². The van der Waals surface area contributed by atoms with Crippen LogP contribution in [0.3, 0.4) is 0 Å². The molecule has 10 nitrogen and oxygen atoms in total. The summed E-state index contributed by atoms with van der Waals surface area (Å²) in [6.07, 6.45) is -3.52. The Morgan fingerprint density at radius 2 is 1.88 bits per heavy atom. The monoisotopic (exact) mass is 614 g/mol. The van der Waals surface area contributed by atoms with Crippen LogP contribution in [0.1, 0.15) is 40.0 Å². The van der Waals surface area contributed by atoms with E-state index in [4.69, 9.17) is 33.7 Å². The lowest BCUT2D eigenvalue weighted by Crippen LogP contribution is -2.45. The molecule has 218 valence electrons. The van der Waals surface area contributed by atoms with Crippen molar-refractivity contribution in [1.29, 1.82) is 0 Å². The Labute approximate surface area is 241 Å². The second-order valence-corrected chi connectivity index (χ2v) is 9.80. The van der Waals surface area contributed by atoms with Gasteiger partial charge in [0.15, 0.2) is 0 Å². The van der Waals surface area contributed by atoms with Gasteiger partial charge in [0.2, 0.25) is 5.91 Å². The normalized spacial score (nSPS) is 13.6. The Hall–Kier alpha value is -3.97. The number of halogens is 5. The van der Waals surface area contributed by atoms with Crippen molar-refractivity contribution < 1.29 is 41.8 Å². The summed E-state index contributed by atoms with van der Waals surface area (Å²) in [7, 11) is 1.22. The van der Waals surface area contributed by atoms with Gasteiger partial charge in [0.1, 0.15) is 29.8 Å². The molecule has 2 heterocycles. The summed E-state index contributed by atoms with van der Waals surface area (Å²) >= 11 is 12.4. The first-order chi connectivity index (χ1) is 19.3. The van der Waals surface area contributed by atoms with Crippen molar-refractivity contribution in [2.45, 2.75) is 45.3 Å². The van der Waals surface area contributed by atoms with Crippen LogP contribution in [0.15, 0.2) is 36.5 Å². The van der Waals surface area contributed by atoms with Crippen LogP contribution < -0.4 is 15.2 Å². The Balaban J connectivity index is 1.53. The lowest BCUT2D eigenvalue weighted by Gasteiger charge is -2.24. The van der Waals surface area contributed by atoms with Crippen LogP contribution in [0, 0.1) is 6.92 Å². The molecule has 1 aliphatic heterocycles. The van der Waals surface area contributed by atoms with Gasteiger partial charge >= 0.3 is 12.3 Å². The van der Waals surface area contributed by atoms with Crippen LogP contribution in [0.4, 0.5) is 13.2 Å². The van der Waals surface area contributed by atoms with E-state index in [1.807, 2.05) is 0 Å². The van der Waals surface area contributed by atoms with Gasteiger partial charge in [-0.25, -0.2) is 4.68 Å². The molecule has 1 atom stereocenters. The van der Waals surface area contributed by atoms with Gasteiger partial charge in [-0.2, -0.15) is 5.10 Å². The molecule has 2 amide bonds. The molecule has 0 bridgehead atoms. The van der Waals surface area contributed by atoms with Gasteiger partial charge in [-0.05, 0) is 25.5 Å². The average molecular weight is 615 g/mol. The summed E-state index contributed by atoms with van der Waals surface area (Å²) in [5.41, 5.74) is 7.70. The maximum Gasteiger partial charge on any atom is 0.573 e. The molecule has 0 aliphatic carbocycles. The van der Waals surface area contributed by atoms with Crippen molar-refractivity contribution in [3.8, 4) is 17.2 Å². The predicted molar refractivity (Wildman–Crippen MR) is 140 cm³/mol. The van der Waals surface area contributed by atoms with Crippen molar-refractivity contribution in [1.82, 2.24) is 14.7 Å². The first kappa shape index (κ1) is 30.0. The number of primary amides is 1. The van der Waals surface area contributed by atoms with E-state index in [9.17, 15) is 27.6 Å². The van der Waals surface area contributed by atoms with Crippen LogP contribution in [0.2, 0.25) is 10.0 Å². The molecule has 1 unspecified atom stereocenters. The molecule has 1 aromatic heterocycles. The zero-order valence-corrected chi connectivity index (χ0v) is 23.1. The largest absolute Gasteiger partial charge is 0.573 e. The molecule has 0 saturated heterocycles. The van der Waals surface area contributed by atoms with E-state index < -0.39 is 35.9 Å². The van der Waals surface area contributed by atoms with E-state index in [0.717, 1.165) is 12.1 Å². The number of nitrogens with zero attached hydrogens (tertiary/aromatic N) is 3.